The molecule has 1 fully saturated rings. The van der Waals surface area contributed by atoms with Crippen molar-refractivity contribution >= 4 is 16.7 Å². The van der Waals surface area contributed by atoms with Crippen LogP contribution in [0.4, 0.5) is 5.82 Å². The van der Waals surface area contributed by atoms with Crippen LogP contribution in [-0.4, -0.2) is 34.2 Å². The summed E-state index contributed by atoms with van der Waals surface area (Å²) in [5.41, 5.74) is 1.84. The summed E-state index contributed by atoms with van der Waals surface area (Å²) >= 11 is 0. The molecule has 3 heterocycles. The molecular weight excluding hydrogens is 276 g/mol. The van der Waals surface area contributed by atoms with E-state index < -0.39 is 0 Å². The zero-order valence-corrected chi connectivity index (χ0v) is 12.1. The lowest BCUT2D eigenvalue weighted by Crippen LogP contribution is -2.20. The minimum absolute atomic E-state index is 0.306. The molecule has 0 radical (unpaired) electrons. The van der Waals surface area contributed by atoms with Gasteiger partial charge in [-0.15, -0.1) is 0 Å². The fourth-order valence-corrected chi connectivity index (χ4v) is 2.65. The van der Waals surface area contributed by atoms with Gasteiger partial charge in [0.25, 0.3) is 0 Å². The van der Waals surface area contributed by atoms with Gasteiger partial charge in [0.15, 0.2) is 5.82 Å². The van der Waals surface area contributed by atoms with Crippen LogP contribution in [0.2, 0.25) is 0 Å². The fourth-order valence-electron chi connectivity index (χ4n) is 2.65. The molecule has 2 aromatic heterocycles. The Kier molecular flexibility index (Phi) is 3.40. The van der Waals surface area contributed by atoms with E-state index in [1.807, 2.05) is 36.4 Å². The molecule has 5 heteroatoms. The molecule has 110 valence electrons. The smallest absolute Gasteiger partial charge is 0.163 e. The second-order valence-electron chi connectivity index (χ2n) is 5.36. The molecular formula is C17H16N4O. The van der Waals surface area contributed by atoms with E-state index in [0.717, 1.165) is 41.9 Å². The van der Waals surface area contributed by atoms with Gasteiger partial charge in [0.1, 0.15) is 5.82 Å². The lowest BCUT2D eigenvalue weighted by Gasteiger charge is -2.14. The molecule has 5 nitrogen and oxygen atoms in total. The van der Waals surface area contributed by atoms with Crippen LogP contribution in [0.15, 0.2) is 48.8 Å². The molecule has 1 N–H and O–H groups in total. The van der Waals surface area contributed by atoms with Crippen molar-refractivity contribution in [2.45, 2.75) is 12.5 Å². The summed E-state index contributed by atoms with van der Waals surface area (Å²) in [7, 11) is 0. The average molecular weight is 292 g/mol. The average Bonchev–Trinajstić information content (AvgIpc) is 3.09. The summed E-state index contributed by atoms with van der Waals surface area (Å²) in [5.74, 6) is 1.55. The molecule has 0 aliphatic carbocycles. The summed E-state index contributed by atoms with van der Waals surface area (Å²) in [4.78, 5) is 13.5. The Labute approximate surface area is 128 Å². The molecule has 22 heavy (non-hydrogen) atoms. The van der Waals surface area contributed by atoms with E-state index in [9.17, 15) is 0 Å². The van der Waals surface area contributed by atoms with Gasteiger partial charge in [0, 0.05) is 30.0 Å². The molecule has 1 atom stereocenters. The van der Waals surface area contributed by atoms with Crippen LogP contribution in [0.25, 0.3) is 22.3 Å². The lowest BCUT2D eigenvalue weighted by atomic mass is 10.2. The largest absolute Gasteiger partial charge is 0.379 e. The minimum Gasteiger partial charge on any atom is -0.379 e. The summed E-state index contributed by atoms with van der Waals surface area (Å²) in [6.07, 6.45) is 4.53. The zero-order valence-electron chi connectivity index (χ0n) is 12.1. The van der Waals surface area contributed by atoms with Crippen LogP contribution < -0.4 is 5.32 Å². The predicted molar refractivity (Wildman–Crippen MR) is 85.6 cm³/mol. The Balaban J connectivity index is 1.82. The topological polar surface area (TPSA) is 59.9 Å². The first kappa shape index (κ1) is 13.2. The van der Waals surface area contributed by atoms with E-state index >= 15 is 0 Å². The van der Waals surface area contributed by atoms with Crippen LogP contribution in [0.1, 0.15) is 6.42 Å². The minimum atomic E-state index is 0.306. The monoisotopic (exact) mass is 292 g/mol. The standard InChI is InChI=1S/C17H16N4O/c1-2-6-15-14(5-1)17(19-13-7-9-22-11-13)21-16(20-15)12-4-3-8-18-10-12/h1-6,8,10,13H,7,9,11H2,(H,19,20,21). The highest BCUT2D eigenvalue weighted by molar-refractivity contribution is 5.90. The molecule has 0 spiro atoms. The molecule has 1 aliphatic heterocycles. The summed E-state index contributed by atoms with van der Waals surface area (Å²) < 4.78 is 5.44. The van der Waals surface area contributed by atoms with Gasteiger partial charge in [-0.25, -0.2) is 9.97 Å². The van der Waals surface area contributed by atoms with Crippen LogP contribution >= 0.6 is 0 Å². The van der Waals surface area contributed by atoms with E-state index in [4.69, 9.17) is 9.72 Å². The first-order valence-corrected chi connectivity index (χ1v) is 7.41. The molecule has 4 rings (SSSR count). The maximum atomic E-state index is 5.44. The van der Waals surface area contributed by atoms with Crippen molar-refractivity contribution in [1.82, 2.24) is 15.0 Å². The number of para-hydroxylation sites is 1. The number of rotatable bonds is 3. The number of nitrogens with zero attached hydrogens (tertiary/aromatic N) is 3. The number of nitrogens with one attached hydrogen (secondary N) is 1. The molecule has 1 aliphatic rings. The first-order valence-electron chi connectivity index (χ1n) is 7.41. The lowest BCUT2D eigenvalue weighted by molar-refractivity contribution is 0.195. The van der Waals surface area contributed by atoms with Crippen molar-refractivity contribution in [3.05, 3.63) is 48.8 Å². The van der Waals surface area contributed by atoms with Gasteiger partial charge < -0.3 is 10.1 Å². The highest BCUT2D eigenvalue weighted by Gasteiger charge is 2.18. The number of ether oxygens (including phenoxy) is 1. The van der Waals surface area contributed by atoms with Crippen molar-refractivity contribution in [3.8, 4) is 11.4 Å². The zero-order chi connectivity index (χ0) is 14.8. The van der Waals surface area contributed by atoms with Crippen molar-refractivity contribution < 1.29 is 4.74 Å². The van der Waals surface area contributed by atoms with Gasteiger partial charge in [-0.05, 0) is 30.7 Å². The highest BCUT2D eigenvalue weighted by Crippen LogP contribution is 2.25. The second kappa shape index (κ2) is 5.69. The van der Waals surface area contributed by atoms with Crippen LogP contribution in [0.3, 0.4) is 0 Å². The number of hydrogen-bond donors (Lipinski definition) is 1. The third-order valence-electron chi connectivity index (χ3n) is 3.79. The number of aromatic nitrogens is 3. The van der Waals surface area contributed by atoms with E-state index in [1.54, 1.807) is 12.4 Å². The Hall–Kier alpha value is -2.53. The first-order chi connectivity index (χ1) is 10.9. The number of pyridine rings is 1. The van der Waals surface area contributed by atoms with Gasteiger partial charge in [0.05, 0.1) is 18.2 Å². The maximum Gasteiger partial charge on any atom is 0.163 e. The molecule has 0 amide bonds. The third kappa shape index (κ3) is 2.51. The van der Waals surface area contributed by atoms with Gasteiger partial charge in [-0.3, -0.25) is 4.98 Å². The molecule has 0 bridgehead atoms. The van der Waals surface area contributed by atoms with E-state index in [2.05, 4.69) is 15.3 Å². The summed E-state index contributed by atoms with van der Waals surface area (Å²) in [6, 6.07) is 12.2. The number of fused-ring (bicyclic) bond motifs is 1. The van der Waals surface area contributed by atoms with Crippen LogP contribution in [-0.2, 0) is 4.74 Å². The van der Waals surface area contributed by atoms with Gasteiger partial charge in [0.2, 0.25) is 0 Å². The van der Waals surface area contributed by atoms with Crippen molar-refractivity contribution in [2.24, 2.45) is 0 Å². The maximum absolute atomic E-state index is 5.44. The van der Waals surface area contributed by atoms with Crippen LogP contribution in [0.5, 0.6) is 0 Å². The normalized spacial score (nSPS) is 17.7. The van der Waals surface area contributed by atoms with Crippen molar-refractivity contribution in [2.75, 3.05) is 18.5 Å². The van der Waals surface area contributed by atoms with Gasteiger partial charge in [-0.1, -0.05) is 12.1 Å². The fraction of sp³-hybridized carbons (Fsp3) is 0.235. The van der Waals surface area contributed by atoms with Crippen molar-refractivity contribution in [3.63, 3.8) is 0 Å². The molecule has 1 unspecified atom stereocenters. The molecule has 3 aromatic rings. The third-order valence-corrected chi connectivity index (χ3v) is 3.79. The second-order valence-corrected chi connectivity index (χ2v) is 5.36. The van der Waals surface area contributed by atoms with Crippen molar-refractivity contribution in [1.29, 1.82) is 0 Å². The van der Waals surface area contributed by atoms with Gasteiger partial charge >= 0.3 is 0 Å². The SMILES string of the molecule is c1cncc(-c2nc(NC3CCOC3)c3ccccc3n2)c1. The van der Waals surface area contributed by atoms with E-state index in [1.165, 1.54) is 0 Å². The highest BCUT2D eigenvalue weighted by atomic mass is 16.5. The Morgan fingerprint density at radius 2 is 2.05 bits per heavy atom. The summed E-state index contributed by atoms with van der Waals surface area (Å²) in [5, 5.41) is 4.53. The molecule has 1 saturated heterocycles. The number of benzene rings is 1. The Morgan fingerprint density at radius 1 is 1.09 bits per heavy atom. The number of anilines is 1. The Morgan fingerprint density at radius 3 is 2.86 bits per heavy atom. The Bertz CT molecular complexity index is 785. The molecule has 1 aromatic carbocycles. The van der Waals surface area contributed by atoms with Gasteiger partial charge in [-0.2, -0.15) is 0 Å². The number of hydrogen-bond acceptors (Lipinski definition) is 5. The van der Waals surface area contributed by atoms with E-state index in [-0.39, 0.29) is 0 Å². The molecule has 0 saturated carbocycles. The quantitative estimate of drug-likeness (QED) is 0.804. The summed E-state index contributed by atoms with van der Waals surface area (Å²) in [6.45, 7) is 1.52. The predicted octanol–water partition coefficient (Wildman–Crippen LogP) is 2.89. The van der Waals surface area contributed by atoms with Crippen LogP contribution in [0, 0.1) is 0 Å². The van der Waals surface area contributed by atoms with E-state index in [0.29, 0.717) is 11.9 Å².